The molecule has 0 spiro atoms. The summed E-state index contributed by atoms with van der Waals surface area (Å²) >= 11 is 0. The molecule has 0 N–H and O–H groups in total. The molecular weight excluding hydrogens is 170 g/mol. The molecule has 0 aromatic heterocycles. The van der Waals surface area contributed by atoms with E-state index in [1.54, 1.807) is 0 Å². The fourth-order valence-electron chi connectivity index (χ4n) is 0.841. The van der Waals surface area contributed by atoms with Gasteiger partial charge in [-0.3, -0.25) is 4.99 Å². The molecule has 0 radical (unpaired) electrons. The predicted octanol–water partition coefficient (Wildman–Crippen LogP) is 4.02. The van der Waals surface area contributed by atoms with E-state index < -0.39 is 0 Å². The number of hydrogen-bond acceptors (Lipinski definition) is 1. The zero-order chi connectivity index (χ0) is 11.0. The minimum Gasteiger partial charge on any atom is -0.290 e. The molecule has 1 heteroatoms. The van der Waals surface area contributed by atoms with Crippen molar-refractivity contribution in [3.05, 3.63) is 23.8 Å². The highest BCUT2D eigenvalue weighted by molar-refractivity contribution is 5.83. The molecule has 0 rings (SSSR count). The van der Waals surface area contributed by atoms with Crippen LogP contribution >= 0.6 is 0 Å². The summed E-state index contributed by atoms with van der Waals surface area (Å²) in [4.78, 5) is 4.46. The van der Waals surface area contributed by atoms with E-state index in [2.05, 4.69) is 57.8 Å². The number of hydrogen-bond donors (Lipinski definition) is 0. The van der Waals surface area contributed by atoms with Gasteiger partial charge < -0.3 is 0 Å². The van der Waals surface area contributed by atoms with Crippen molar-refractivity contribution in [2.75, 3.05) is 6.54 Å². The molecule has 0 aliphatic heterocycles. The Morgan fingerprint density at radius 2 is 1.86 bits per heavy atom. The summed E-state index contributed by atoms with van der Waals surface area (Å²) in [6, 6.07) is 0. The van der Waals surface area contributed by atoms with Gasteiger partial charge in [0.05, 0.1) is 6.54 Å². The van der Waals surface area contributed by atoms with Gasteiger partial charge in [-0.05, 0) is 33.1 Å². The van der Waals surface area contributed by atoms with E-state index in [-0.39, 0.29) is 0 Å². The van der Waals surface area contributed by atoms with Crippen molar-refractivity contribution in [3.8, 4) is 0 Å². The molecule has 0 unspecified atom stereocenters. The third-order valence-electron chi connectivity index (χ3n) is 2.38. The topological polar surface area (TPSA) is 12.4 Å². The molecule has 0 saturated heterocycles. The highest BCUT2D eigenvalue weighted by atomic mass is 14.7. The van der Waals surface area contributed by atoms with Gasteiger partial charge in [0, 0.05) is 5.71 Å². The van der Waals surface area contributed by atoms with E-state index in [9.17, 15) is 0 Å². The molecule has 0 atom stereocenters. The van der Waals surface area contributed by atoms with Gasteiger partial charge in [0.25, 0.3) is 0 Å². The highest BCUT2D eigenvalue weighted by Gasteiger charge is 1.94. The van der Waals surface area contributed by atoms with Crippen LogP contribution < -0.4 is 0 Å². The Hall–Kier alpha value is -0.850. The minimum absolute atomic E-state index is 0.570. The Bertz CT molecular complexity index is 232. The first-order valence-electron chi connectivity index (χ1n) is 5.35. The second-order valence-corrected chi connectivity index (χ2v) is 3.95. The second kappa shape index (κ2) is 7.54. The first-order valence-corrected chi connectivity index (χ1v) is 5.35. The lowest BCUT2D eigenvalue weighted by Crippen LogP contribution is -2.01. The lowest BCUT2D eigenvalue weighted by Gasteiger charge is -2.01. The van der Waals surface area contributed by atoms with E-state index in [0.29, 0.717) is 5.92 Å². The third kappa shape index (κ3) is 6.64. The maximum atomic E-state index is 4.46. The summed E-state index contributed by atoms with van der Waals surface area (Å²) < 4.78 is 0. The summed E-state index contributed by atoms with van der Waals surface area (Å²) in [6.45, 7) is 11.5. The minimum atomic E-state index is 0.570. The van der Waals surface area contributed by atoms with Gasteiger partial charge in [-0.25, -0.2) is 0 Å². The van der Waals surface area contributed by atoms with E-state index in [1.807, 2.05) is 0 Å². The normalized spacial score (nSPS) is 14.4. The van der Waals surface area contributed by atoms with Crippen LogP contribution in [-0.4, -0.2) is 12.3 Å². The molecule has 0 bridgehead atoms. The molecule has 0 heterocycles. The van der Waals surface area contributed by atoms with Gasteiger partial charge in [-0.1, -0.05) is 37.6 Å². The molecule has 0 fully saturated rings. The van der Waals surface area contributed by atoms with Gasteiger partial charge in [-0.2, -0.15) is 0 Å². The Morgan fingerprint density at radius 3 is 2.36 bits per heavy atom. The monoisotopic (exact) mass is 193 g/mol. The third-order valence-corrected chi connectivity index (χ3v) is 2.38. The predicted molar refractivity (Wildman–Crippen MR) is 66.0 cm³/mol. The Balaban J connectivity index is 3.79. The molecular formula is C13H23N. The fraction of sp³-hybridized carbons (Fsp3) is 0.615. The van der Waals surface area contributed by atoms with Crippen LogP contribution in [0.5, 0.6) is 0 Å². The van der Waals surface area contributed by atoms with Crippen molar-refractivity contribution in [3.63, 3.8) is 0 Å². The lowest BCUT2D eigenvalue weighted by atomic mass is 10.1. The largest absolute Gasteiger partial charge is 0.290 e. The Morgan fingerprint density at radius 1 is 1.21 bits per heavy atom. The lowest BCUT2D eigenvalue weighted by molar-refractivity contribution is 0.871. The molecule has 0 aromatic carbocycles. The van der Waals surface area contributed by atoms with Gasteiger partial charge >= 0.3 is 0 Å². The van der Waals surface area contributed by atoms with Crippen LogP contribution in [0, 0.1) is 5.92 Å². The number of allylic oxidation sites excluding steroid dienone is 3. The summed E-state index contributed by atoms with van der Waals surface area (Å²) in [5.74, 6) is 0.570. The Kier molecular flexibility index (Phi) is 7.09. The molecule has 0 aromatic rings. The second-order valence-electron chi connectivity index (χ2n) is 3.95. The number of nitrogens with zero attached hydrogens (tertiary/aromatic N) is 1. The van der Waals surface area contributed by atoms with Crippen LogP contribution in [0.2, 0.25) is 0 Å². The van der Waals surface area contributed by atoms with Crippen LogP contribution in [0.1, 0.15) is 41.0 Å². The first kappa shape index (κ1) is 13.2. The molecule has 0 amide bonds. The van der Waals surface area contributed by atoms with Crippen LogP contribution in [-0.2, 0) is 0 Å². The number of aliphatic imine (C=N–C) groups is 1. The molecule has 0 aliphatic rings. The average Bonchev–Trinajstić information content (AvgIpc) is 2.16. The van der Waals surface area contributed by atoms with Crippen molar-refractivity contribution < 1.29 is 0 Å². The average molecular weight is 193 g/mol. The van der Waals surface area contributed by atoms with E-state index in [4.69, 9.17) is 0 Å². The SMILES string of the molecule is C/C=C(\C)C/C=C\CN=C(C)C(C)C. The highest BCUT2D eigenvalue weighted by Crippen LogP contribution is 2.00. The van der Waals surface area contributed by atoms with Crippen molar-refractivity contribution >= 4 is 5.71 Å². The number of rotatable bonds is 5. The molecule has 1 nitrogen and oxygen atoms in total. The standard InChI is InChI=1S/C13H23N/c1-6-12(4)9-7-8-10-14-13(5)11(2)3/h6-8,11H,9-10H2,1-5H3/b8-7-,12-6+,14-13?. The van der Waals surface area contributed by atoms with Crippen molar-refractivity contribution in [2.45, 2.75) is 41.0 Å². The smallest absolute Gasteiger partial charge is 0.0569 e. The van der Waals surface area contributed by atoms with Gasteiger partial charge in [0.2, 0.25) is 0 Å². The summed E-state index contributed by atoms with van der Waals surface area (Å²) in [5, 5.41) is 0. The van der Waals surface area contributed by atoms with E-state index >= 15 is 0 Å². The molecule has 0 aliphatic carbocycles. The van der Waals surface area contributed by atoms with Crippen LogP contribution in [0.4, 0.5) is 0 Å². The Labute approximate surface area is 88.6 Å². The van der Waals surface area contributed by atoms with Crippen LogP contribution in [0.3, 0.4) is 0 Å². The van der Waals surface area contributed by atoms with E-state index in [1.165, 1.54) is 11.3 Å². The fourth-order valence-corrected chi connectivity index (χ4v) is 0.841. The molecule has 14 heavy (non-hydrogen) atoms. The summed E-state index contributed by atoms with van der Waals surface area (Å²) in [5.41, 5.74) is 2.64. The van der Waals surface area contributed by atoms with Crippen LogP contribution in [0.25, 0.3) is 0 Å². The van der Waals surface area contributed by atoms with Crippen molar-refractivity contribution in [2.24, 2.45) is 10.9 Å². The maximum absolute atomic E-state index is 4.46. The van der Waals surface area contributed by atoms with E-state index in [0.717, 1.165) is 13.0 Å². The van der Waals surface area contributed by atoms with Crippen molar-refractivity contribution in [1.29, 1.82) is 0 Å². The van der Waals surface area contributed by atoms with Gasteiger partial charge in [0.1, 0.15) is 0 Å². The van der Waals surface area contributed by atoms with Gasteiger partial charge in [0.15, 0.2) is 0 Å². The zero-order valence-corrected chi connectivity index (χ0v) is 10.2. The van der Waals surface area contributed by atoms with Gasteiger partial charge in [-0.15, -0.1) is 0 Å². The first-order chi connectivity index (χ1) is 6.57. The summed E-state index contributed by atoms with van der Waals surface area (Å²) in [7, 11) is 0. The summed E-state index contributed by atoms with van der Waals surface area (Å²) in [6.07, 6.45) is 7.52. The van der Waals surface area contributed by atoms with Crippen molar-refractivity contribution in [1.82, 2.24) is 0 Å². The maximum Gasteiger partial charge on any atom is 0.0569 e. The quantitative estimate of drug-likeness (QED) is 0.462. The molecule has 80 valence electrons. The van der Waals surface area contributed by atoms with Crippen LogP contribution in [0.15, 0.2) is 28.8 Å². The molecule has 0 saturated carbocycles. The zero-order valence-electron chi connectivity index (χ0n) is 10.2.